The Labute approximate surface area is 161 Å². The highest BCUT2D eigenvalue weighted by molar-refractivity contribution is 5.85. The molecule has 27 heavy (non-hydrogen) atoms. The molecule has 3 amide bonds. The maximum atomic E-state index is 13.3. The summed E-state index contributed by atoms with van der Waals surface area (Å²) in [4.78, 5) is 42.5. The van der Waals surface area contributed by atoms with E-state index in [2.05, 4.69) is 0 Å². The first kappa shape index (κ1) is 21.5. The second-order valence-electron chi connectivity index (χ2n) is 8.47. The molecule has 2 aliphatic heterocycles. The first-order valence-electron chi connectivity index (χ1n) is 9.60. The van der Waals surface area contributed by atoms with Gasteiger partial charge in [0.2, 0.25) is 11.8 Å². The van der Waals surface area contributed by atoms with E-state index in [1.165, 1.54) is 0 Å². The molecule has 0 N–H and O–H groups in total. The first-order chi connectivity index (χ1) is 12.6. The van der Waals surface area contributed by atoms with Crippen molar-refractivity contribution in [2.24, 2.45) is 5.41 Å². The number of carbonyl (C=O) groups is 3. The van der Waals surface area contributed by atoms with Gasteiger partial charge in [-0.15, -0.1) is 0 Å². The predicted octanol–water partition coefficient (Wildman–Crippen LogP) is 1.34. The molecule has 2 fully saturated rings. The summed E-state index contributed by atoms with van der Waals surface area (Å²) < 4.78 is 10.7. The van der Waals surface area contributed by atoms with E-state index in [0.29, 0.717) is 58.7 Å². The van der Waals surface area contributed by atoms with Crippen LogP contribution in [0.15, 0.2) is 0 Å². The molecule has 8 nitrogen and oxygen atoms in total. The second-order valence-corrected chi connectivity index (χ2v) is 8.47. The van der Waals surface area contributed by atoms with Crippen LogP contribution in [0.25, 0.3) is 0 Å². The quantitative estimate of drug-likeness (QED) is 0.732. The molecule has 2 saturated heterocycles. The molecule has 0 aliphatic carbocycles. The molecular formula is C19H33N3O5. The zero-order valence-electron chi connectivity index (χ0n) is 17.2. The zero-order chi connectivity index (χ0) is 20.2. The van der Waals surface area contributed by atoms with Crippen LogP contribution in [0.1, 0.15) is 40.5 Å². The van der Waals surface area contributed by atoms with E-state index in [4.69, 9.17) is 9.47 Å². The lowest BCUT2D eigenvalue weighted by molar-refractivity contribution is -0.147. The van der Waals surface area contributed by atoms with Gasteiger partial charge in [-0.2, -0.15) is 0 Å². The maximum absolute atomic E-state index is 13.3. The second kappa shape index (κ2) is 8.46. The minimum absolute atomic E-state index is 0.0353. The van der Waals surface area contributed by atoms with Gasteiger partial charge in [-0.05, 0) is 33.6 Å². The fourth-order valence-corrected chi connectivity index (χ4v) is 3.70. The zero-order valence-corrected chi connectivity index (χ0v) is 17.2. The van der Waals surface area contributed by atoms with E-state index >= 15 is 0 Å². The lowest BCUT2D eigenvalue weighted by Crippen LogP contribution is -2.55. The molecule has 2 aliphatic rings. The SMILES string of the molecule is COCCC1(C(=O)N2CCN(C(C)=O)CC2)CCN(C(=O)OC(C)(C)C)C1. The molecule has 8 heteroatoms. The van der Waals surface area contributed by atoms with Crippen LogP contribution in [0.2, 0.25) is 0 Å². The largest absolute Gasteiger partial charge is 0.444 e. The van der Waals surface area contributed by atoms with Gasteiger partial charge in [0.15, 0.2) is 0 Å². The van der Waals surface area contributed by atoms with Gasteiger partial charge in [-0.25, -0.2) is 4.79 Å². The topological polar surface area (TPSA) is 79.4 Å². The maximum Gasteiger partial charge on any atom is 0.410 e. The van der Waals surface area contributed by atoms with E-state index < -0.39 is 11.0 Å². The summed E-state index contributed by atoms with van der Waals surface area (Å²) in [6, 6.07) is 0. The lowest BCUT2D eigenvalue weighted by atomic mass is 9.82. The number of rotatable bonds is 4. The molecule has 1 unspecified atom stereocenters. The van der Waals surface area contributed by atoms with Crippen LogP contribution >= 0.6 is 0 Å². The van der Waals surface area contributed by atoms with Gasteiger partial charge in [0.05, 0.1) is 5.41 Å². The van der Waals surface area contributed by atoms with Gasteiger partial charge in [-0.3, -0.25) is 9.59 Å². The van der Waals surface area contributed by atoms with Gasteiger partial charge < -0.3 is 24.2 Å². The molecule has 0 spiro atoms. The summed E-state index contributed by atoms with van der Waals surface area (Å²) in [6.45, 7) is 10.5. The summed E-state index contributed by atoms with van der Waals surface area (Å²) in [7, 11) is 1.62. The number of nitrogens with zero attached hydrogens (tertiary/aromatic N) is 3. The van der Waals surface area contributed by atoms with Crippen molar-refractivity contribution >= 4 is 17.9 Å². The van der Waals surface area contributed by atoms with Gasteiger partial charge in [0.1, 0.15) is 5.60 Å². The van der Waals surface area contributed by atoms with Crippen LogP contribution in [0.4, 0.5) is 4.79 Å². The van der Waals surface area contributed by atoms with E-state index in [-0.39, 0.29) is 17.9 Å². The summed E-state index contributed by atoms with van der Waals surface area (Å²) >= 11 is 0. The van der Waals surface area contributed by atoms with Crippen molar-refractivity contribution < 1.29 is 23.9 Å². The van der Waals surface area contributed by atoms with Crippen LogP contribution in [-0.2, 0) is 19.1 Å². The third kappa shape index (κ3) is 5.34. The minimum Gasteiger partial charge on any atom is -0.444 e. The number of hydrogen-bond donors (Lipinski definition) is 0. The van der Waals surface area contributed by atoms with Crippen LogP contribution in [0.3, 0.4) is 0 Å². The molecule has 2 rings (SSSR count). The standard InChI is InChI=1S/C19H33N3O5/c1-15(23)20-9-11-21(12-10-20)16(24)19(7-13-26-5)6-8-22(14-19)17(25)27-18(2,3)4/h6-14H2,1-5H3. The average molecular weight is 383 g/mol. The van der Waals surface area contributed by atoms with Crippen molar-refractivity contribution in [1.29, 1.82) is 0 Å². The highest BCUT2D eigenvalue weighted by Gasteiger charge is 2.48. The molecule has 1 atom stereocenters. The highest BCUT2D eigenvalue weighted by atomic mass is 16.6. The van der Waals surface area contributed by atoms with E-state index in [1.54, 1.807) is 23.8 Å². The van der Waals surface area contributed by atoms with Crippen molar-refractivity contribution in [1.82, 2.24) is 14.7 Å². The summed E-state index contributed by atoms with van der Waals surface area (Å²) in [5.41, 5.74) is -1.22. The monoisotopic (exact) mass is 383 g/mol. The van der Waals surface area contributed by atoms with Crippen molar-refractivity contribution in [3.63, 3.8) is 0 Å². The third-order valence-electron chi connectivity index (χ3n) is 5.26. The number of amides is 3. The average Bonchev–Trinajstić information content (AvgIpc) is 3.04. The van der Waals surface area contributed by atoms with Crippen molar-refractivity contribution in [3.05, 3.63) is 0 Å². The Morgan fingerprint density at radius 2 is 1.56 bits per heavy atom. The molecule has 0 aromatic heterocycles. The van der Waals surface area contributed by atoms with Crippen LogP contribution < -0.4 is 0 Å². The molecule has 0 aromatic rings. The van der Waals surface area contributed by atoms with Crippen molar-refractivity contribution in [3.8, 4) is 0 Å². The lowest BCUT2D eigenvalue weighted by Gasteiger charge is -2.39. The molecule has 0 radical (unpaired) electrons. The van der Waals surface area contributed by atoms with Crippen LogP contribution in [-0.4, -0.2) is 91.2 Å². The first-order valence-corrected chi connectivity index (χ1v) is 9.60. The van der Waals surface area contributed by atoms with E-state index in [0.717, 1.165) is 0 Å². The number of likely N-dealkylation sites (tertiary alicyclic amines) is 1. The van der Waals surface area contributed by atoms with Crippen molar-refractivity contribution in [2.75, 3.05) is 53.0 Å². The van der Waals surface area contributed by atoms with Gasteiger partial charge in [0.25, 0.3) is 0 Å². The van der Waals surface area contributed by atoms with E-state index in [9.17, 15) is 14.4 Å². The molecule has 0 aromatic carbocycles. The normalized spacial score (nSPS) is 23.5. The smallest absolute Gasteiger partial charge is 0.410 e. The van der Waals surface area contributed by atoms with Crippen molar-refractivity contribution in [2.45, 2.75) is 46.1 Å². The summed E-state index contributed by atoms with van der Waals surface area (Å²) in [5, 5.41) is 0. The summed E-state index contributed by atoms with van der Waals surface area (Å²) in [6.07, 6.45) is 0.784. The number of piperazine rings is 1. The predicted molar refractivity (Wildman–Crippen MR) is 100 cm³/mol. The summed E-state index contributed by atoms with van der Waals surface area (Å²) in [5.74, 6) is 0.0852. The van der Waals surface area contributed by atoms with Gasteiger partial charge in [-0.1, -0.05) is 0 Å². The Balaban J connectivity index is 2.07. The van der Waals surface area contributed by atoms with E-state index in [1.807, 2.05) is 25.7 Å². The van der Waals surface area contributed by atoms with Gasteiger partial charge in [0, 0.05) is 59.9 Å². The Bertz CT molecular complexity index is 566. The molecule has 154 valence electrons. The number of hydrogen-bond acceptors (Lipinski definition) is 5. The fraction of sp³-hybridized carbons (Fsp3) is 0.842. The fourth-order valence-electron chi connectivity index (χ4n) is 3.70. The van der Waals surface area contributed by atoms with Crippen LogP contribution in [0.5, 0.6) is 0 Å². The molecule has 2 heterocycles. The number of carbonyl (C=O) groups excluding carboxylic acids is 3. The molecule has 0 saturated carbocycles. The Morgan fingerprint density at radius 1 is 0.963 bits per heavy atom. The van der Waals surface area contributed by atoms with Crippen LogP contribution in [0, 0.1) is 5.41 Å². The van der Waals surface area contributed by atoms with Gasteiger partial charge >= 0.3 is 6.09 Å². The Kier molecular flexibility index (Phi) is 6.72. The third-order valence-corrected chi connectivity index (χ3v) is 5.26. The Hall–Kier alpha value is -1.83. The number of ether oxygens (including phenoxy) is 2. The molecule has 0 bridgehead atoms. The Morgan fingerprint density at radius 3 is 2.07 bits per heavy atom. The highest BCUT2D eigenvalue weighted by Crippen LogP contribution is 2.37. The minimum atomic E-state index is -0.648. The number of methoxy groups -OCH3 is 1. The molecular weight excluding hydrogens is 350 g/mol.